The first kappa shape index (κ1) is 15.8. The first-order valence-electron chi connectivity index (χ1n) is 7.19. The van der Waals surface area contributed by atoms with E-state index in [-0.39, 0.29) is 36.9 Å². The van der Waals surface area contributed by atoms with Crippen molar-refractivity contribution in [3.05, 3.63) is 28.8 Å². The molecule has 3 rings (SSSR count). The SMILES string of the molecule is COCC(=O)N[C@H]1C[C@H]2C(=O)Nc3cc(Cl)ccc3C(=O)N2C1. The zero-order valence-electron chi connectivity index (χ0n) is 12.5. The van der Waals surface area contributed by atoms with Crippen LogP contribution in [0, 0.1) is 0 Å². The van der Waals surface area contributed by atoms with Crippen LogP contribution < -0.4 is 10.6 Å². The summed E-state index contributed by atoms with van der Waals surface area (Å²) in [7, 11) is 1.43. The Balaban J connectivity index is 1.82. The molecule has 2 heterocycles. The van der Waals surface area contributed by atoms with Crippen molar-refractivity contribution in [1.82, 2.24) is 10.2 Å². The van der Waals surface area contributed by atoms with E-state index in [0.717, 1.165) is 0 Å². The first-order chi connectivity index (χ1) is 11.0. The minimum atomic E-state index is -0.610. The van der Waals surface area contributed by atoms with Crippen molar-refractivity contribution in [3.63, 3.8) is 0 Å². The van der Waals surface area contributed by atoms with Gasteiger partial charge in [-0.25, -0.2) is 0 Å². The zero-order chi connectivity index (χ0) is 16.6. The van der Waals surface area contributed by atoms with Gasteiger partial charge in [0.05, 0.1) is 11.3 Å². The molecule has 1 fully saturated rings. The number of benzene rings is 1. The molecule has 2 aliphatic rings. The maximum absolute atomic E-state index is 12.7. The molecule has 2 N–H and O–H groups in total. The van der Waals surface area contributed by atoms with Crippen LogP contribution in [-0.4, -0.2) is 55.0 Å². The highest BCUT2D eigenvalue weighted by molar-refractivity contribution is 6.31. The Morgan fingerprint density at radius 3 is 3.00 bits per heavy atom. The molecule has 0 saturated carbocycles. The summed E-state index contributed by atoms with van der Waals surface area (Å²) in [6.45, 7) is 0.233. The van der Waals surface area contributed by atoms with Gasteiger partial charge >= 0.3 is 0 Å². The van der Waals surface area contributed by atoms with Gasteiger partial charge in [0, 0.05) is 24.7 Å². The van der Waals surface area contributed by atoms with Crippen molar-refractivity contribution in [3.8, 4) is 0 Å². The van der Waals surface area contributed by atoms with Crippen molar-refractivity contribution in [1.29, 1.82) is 0 Å². The van der Waals surface area contributed by atoms with E-state index in [9.17, 15) is 14.4 Å². The van der Waals surface area contributed by atoms with Crippen LogP contribution in [0.15, 0.2) is 18.2 Å². The van der Waals surface area contributed by atoms with Gasteiger partial charge < -0.3 is 20.3 Å². The Labute approximate surface area is 137 Å². The Morgan fingerprint density at radius 2 is 2.26 bits per heavy atom. The van der Waals surface area contributed by atoms with Gasteiger partial charge in [-0.05, 0) is 24.6 Å². The molecule has 7 nitrogen and oxygen atoms in total. The van der Waals surface area contributed by atoms with Crippen LogP contribution in [0.4, 0.5) is 5.69 Å². The molecule has 0 aliphatic carbocycles. The van der Waals surface area contributed by atoms with Crippen molar-refractivity contribution < 1.29 is 19.1 Å². The van der Waals surface area contributed by atoms with Crippen LogP contribution >= 0.6 is 11.6 Å². The number of halogens is 1. The predicted molar refractivity (Wildman–Crippen MR) is 83.3 cm³/mol. The number of nitrogens with one attached hydrogen (secondary N) is 2. The molecule has 0 aromatic heterocycles. The molecule has 23 heavy (non-hydrogen) atoms. The number of ether oxygens (including phenoxy) is 1. The van der Waals surface area contributed by atoms with Crippen molar-refractivity contribution in [2.24, 2.45) is 0 Å². The molecule has 1 saturated heterocycles. The number of anilines is 1. The third kappa shape index (κ3) is 3.02. The molecule has 1 aromatic rings. The van der Waals surface area contributed by atoms with Crippen LogP contribution in [0.3, 0.4) is 0 Å². The highest BCUT2D eigenvalue weighted by Crippen LogP contribution is 2.30. The van der Waals surface area contributed by atoms with E-state index in [0.29, 0.717) is 22.7 Å². The lowest BCUT2D eigenvalue weighted by molar-refractivity contribution is -0.125. The van der Waals surface area contributed by atoms with E-state index in [2.05, 4.69) is 10.6 Å². The van der Waals surface area contributed by atoms with Gasteiger partial charge in [-0.15, -0.1) is 0 Å². The van der Waals surface area contributed by atoms with Gasteiger partial charge in [-0.2, -0.15) is 0 Å². The second-order valence-electron chi connectivity index (χ2n) is 5.59. The number of fused-ring (bicyclic) bond motifs is 2. The Kier molecular flexibility index (Phi) is 4.23. The molecule has 3 amide bonds. The second-order valence-corrected chi connectivity index (χ2v) is 6.02. The fourth-order valence-electron chi connectivity index (χ4n) is 2.99. The van der Waals surface area contributed by atoms with Gasteiger partial charge in [0.25, 0.3) is 5.91 Å². The quantitative estimate of drug-likeness (QED) is 0.847. The first-order valence-corrected chi connectivity index (χ1v) is 7.57. The summed E-state index contributed by atoms with van der Waals surface area (Å²) in [6, 6.07) is 3.89. The highest BCUT2D eigenvalue weighted by Gasteiger charge is 2.43. The molecule has 2 atom stereocenters. The number of carbonyl (C=O) groups excluding carboxylic acids is 3. The minimum Gasteiger partial charge on any atom is -0.375 e. The average Bonchev–Trinajstić information content (AvgIpc) is 2.87. The van der Waals surface area contributed by atoms with Crippen molar-refractivity contribution in [2.45, 2.75) is 18.5 Å². The number of methoxy groups -OCH3 is 1. The standard InChI is InChI=1S/C15H16ClN3O4/c1-23-7-13(20)17-9-5-12-14(21)18-11-4-8(16)2-3-10(11)15(22)19(12)6-9/h2-4,9,12H,5-7H2,1H3,(H,17,20)(H,18,21)/t9-,12-/m0/s1. The molecule has 122 valence electrons. The third-order valence-corrected chi connectivity index (χ3v) is 4.21. The molecule has 1 aromatic carbocycles. The van der Waals surface area contributed by atoms with Crippen LogP contribution in [0.2, 0.25) is 5.02 Å². The van der Waals surface area contributed by atoms with Gasteiger partial charge in [-0.1, -0.05) is 11.6 Å². The molecule has 0 unspecified atom stereocenters. The average molecular weight is 338 g/mol. The van der Waals surface area contributed by atoms with E-state index in [1.165, 1.54) is 12.0 Å². The van der Waals surface area contributed by atoms with E-state index >= 15 is 0 Å². The van der Waals surface area contributed by atoms with Gasteiger partial charge in [0.2, 0.25) is 11.8 Å². The summed E-state index contributed by atoms with van der Waals surface area (Å²) < 4.78 is 4.77. The number of amides is 3. The number of nitrogens with zero attached hydrogens (tertiary/aromatic N) is 1. The third-order valence-electron chi connectivity index (χ3n) is 3.98. The smallest absolute Gasteiger partial charge is 0.256 e. The van der Waals surface area contributed by atoms with Gasteiger partial charge in [0.1, 0.15) is 12.6 Å². The largest absolute Gasteiger partial charge is 0.375 e. The van der Waals surface area contributed by atoms with Crippen LogP contribution in [-0.2, 0) is 14.3 Å². The minimum absolute atomic E-state index is 0.0529. The number of carbonyl (C=O) groups is 3. The summed E-state index contributed by atoms with van der Waals surface area (Å²) in [5.41, 5.74) is 0.816. The lowest BCUT2D eigenvalue weighted by Gasteiger charge is -2.20. The molecule has 2 aliphatic heterocycles. The molecule has 0 bridgehead atoms. The summed E-state index contributed by atoms with van der Waals surface area (Å²) in [5, 5.41) is 5.96. The van der Waals surface area contributed by atoms with Crippen molar-refractivity contribution in [2.75, 3.05) is 25.6 Å². The van der Waals surface area contributed by atoms with E-state index in [1.807, 2.05) is 0 Å². The topological polar surface area (TPSA) is 87.7 Å². The Morgan fingerprint density at radius 1 is 1.48 bits per heavy atom. The fourth-order valence-corrected chi connectivity index (χ4v) is 3.16. The number of hydrogen-bond donors (Lipinski definition) is 2. The maximum atomic E-state index is 12.7. The monoisotopic (exact) mass is 337 g/mol. The molecular weight excluding hydrogens is 322 g/mol. The van der Waals surface area contributed by atoms with Crippen LogP contribution in [0.25, 0.3) is 0 Å². The van der Waals surface area contributed by atoms with Crippen LogP contribution in [0.1, 0.15) is 16.8 Å². The van der Waals surface area contributed by atoms with Gasteiger partial charge in [0.15, 0.2) is 0 Å². The van der Waals surface area contributed by atoms with E-state index in [1.54, 1.807) is 18.2 Å². The van der Waals surface area contributed by atoms with Crippen LogP contribution in [0.5, 0.6) is 0 Å². The fraction of sp³-hybridized carbons (Fsp3) is 0.400. The number of hydrogen-bond acceptors (Lipinski definition) is 4. The van der Waals surface area contributed by atoms with Crippen molar-refractivity contribution >= 4 is 35.0 Å². The lowest BCUT2D eigenvalue weighted by Crippen LogP contribution is -2.41. The Bertz CT molecular complexity index is 679. The normalized spacial score (nSPS) is 23.0. The molecule has 0 spiro atoms. The molecule has 8 heteroatoms. The summed E-state index contributed by atoms with van der Waals surface area (Å²) in [6.07, 6.45) is 0.370. The highest BCUT2D eigenvalue weighted by atomic mass is 35.5. The molecular formula is C15H16ClN3O4. The predicted octanol–water partition coefficient (Wildman–Crippen LogP) is 0.638. The zero-order valence-corrected chi connectivity index (χ0v) is 13.2. The number of rotatable bonds is 3. The van der Waals surface area contributed by atoms with Gasteiger partial charge in [-0.3, -0.25) is 14.4 Å². The summed E-state index contributed by atoms with van der Waals surface area (Å²) in [5.74, 6) is -0.790. The van der Waals surface area contributed by atoms with E-state index < -0.39 is 6.04 Å². The summed E-state index contributed by atoms with van der Waals surface area (Å²) in [4.78, 5) is 38.2. The second kappa shape index (κ2) is 6.17. The lowest BCUT2D eigenvalue weighted by atomic mass is 10.1. The Hall–Kier alpha value is -2.12. The molecule has 0 radical (unpaired) electrons. The summed E-state index contributed by atoms with van der Waals surface area (Å²) >= 11 is 5.92. The van der Waals surface area contributed by atoms with E-state index in [4.69, 9.17) is 16.3 Å². The maximum Gasteiger partial charge on any atom is 0.256 e.